The number of ether oxygens (including phenoxy) is 1. The minimum Gasteiger partial charge on any atom is -0.619 e. The Hall–Kier alpha value is -2.27. The van der Waals surface area contributed by atoms with Crippen molar-refractivity contribution in [1.82, 2.24) is 5.32 Å². The summed E-state index contributed by atoms with van der Waals surface area (Å²) in [6.07, 6.45) is 2.55. The lowest BCUT2D eigenvalue weighted by molar-refractivity contribution is -0.605. The van der Waals surface area contributed by atoms with Crippen LogP contribution in [-0.4, -0.2) is 19.1 Å². The molecular formula is C14H13ClN2O3. The highest BCUT2D eigenvalue weighted by Crippen LogP contribution is 2.15. The minimum atomic E-state index is -0.245. The van der Waals surface area contributed by atoms with Gasteiger partial charge in [0.05, 0.1) is 12.1 Å². The second kappa shape index (κ2) is 6.77. The monoisotopic (exact) mass is 292 g/mol. The molecule has 0 saturated carbocycles. The predicted octanol–water partition coefficient (Wildman–Crippen LogP) is 1.78. The topological polar surface area (TPSA) is 65.3 Å². The zero-order valence-electron chi connectivity index (χ0n) is 10.6. The van der Waals surface area contributed by atoms with Crippen LogP contribution in [0.2, 0.25) is 5.02 Å². The number of amides is 1. The number of halogens is 1. The van der Waals surface area contributed by atoms with Gasteiger partial charge in [-0.3, -0.25) is 4.79 Å². The lowest BCUT2D eigenvalue weighted by Crippen LogP contribution is -2.30. The molecule has 0 unspecified atom stereocenters. The number of carbonyl (C=O) groups is 1. The quantitative estimate of drug-likeness (QED) is 0.519. The Morgan fingerprint density at radius 3 is 2.50 bits per heavy atom. The summed E-state index contributed by atoms with van der Waals surface area (Å²) in [5, 5.41) is 14.2. The fourth-order valence-electron chi connectivity index (χ4n) is 1.53. The Bertz CT molecular complexity index is 570. The van der Waals surface area contributed by atoms with E-state index in [9.17, 15) is 10.0 Å². The highest BCUT2D eigenvalue weighted by atomic mass is 35.5. The molecule has 2 aromatic rings. The van der Waals surface area contributed by atoms with Gasteiger partial charge in [-0.1, -0.05) is 11.6 Å². The first-order valence-electron chi connectivity index (χ1n) is 6.00. The summed E-state index contributed by atoms with van der Waals surface area (Å²) >= 11 is 5.76. The summed E-state index contributed by atoms with van der Waals surface area (Å²) in [6, 6.07) is 9.91. The van der Waals surface area contributed by atoms with E-state index >= 15 is 0 Å². The molecule has 1 aromatic heterocycles. The van der Waals surface area contributed by atoms with Crippen LogP contribution >= 0.6 is 11.6 Å². The third-order valence-corrected chi connectivity index (χ3v) is 2.79. The van der Waals surface area contributed by atoms with Gasteiger partial charge < -0.3 is 15.3 Å². The molecule has 0 aliphatic rings. The molecule has 1 N–H and O–H groups in total. The maximum atomic E-state index is 11.7. The zero-order chi connectivity index (χ0) is 14.4. The molecule has 0 atom stereocenters. The smallest absolute Gasteiger partial charge is 0.251 e. The molecule has 5 nitrogen and oxygen atoms in total. The van der Waals surface area contributed by atoms with Gasteiger partial charge in [0.1, 0.15) is 12.4 Å². The first-order valence-corrected chi connectivity index (χ1v) is 6.38. The van der Waals surface area contributed by atoms with Gasteiger partial charge in [-0.15, -0.1) is 0 Å². The molecule has 0 radical (unpaired) electrons. The maximum absolute atomic E-state index is 11.7. The van der Waals surface area contributed by atoms with E-state index in [1.807, 2.05) is 0 Å². The molecule has 0 spiro atoms. The Morgan fingerprint density at radius 2 is 1.85 bits per heavy atom. The molecule has 0 fully saturated rings. The number of nitrogens with one attached hydrogen (secondary N) is 1. The van der Waals surface area contributed by atoms with Crippen LogP contribution in [0.5, 0.6) is 5.75 Å². The van der Waals surface area contributed by atoms with Crippen molar-refractivity contribution in [3.8, 4) is 5.75 Å². The lowest BCUT2D eigenvalue weighted by atomic mass is 10.2. The van der Waals surface area contributed by atoms with E-state index in [2.05, 4.69) is 5.32 Å². The minimum absolute atomic E-state index is 0.245. The van der Waals surface area contributed by atoms with Crippen molar-refractivity contribution < 1.29 is 14.3 Å². The fraction of sp³-hybridized carbons (Fsp3) is 0.143. The number of nitrogens with zero attached hydrogens (tertiary/aromatic N) is 1. The van der Waals surface area contributed by atoms with Crippen molar-refractivity contribution in [1.29, 1.82) is 0 Å². The van der Waals surface area contributed by atoms with Gasteiger partial charge >= 0.3 is 0 Å². The predicted molar refractivity (Wildman–Crippen MR) is 74.7 cm³/mol. The summed E-state index contributed by atoms with van der Waals surface area (Å²) in [5.74, 6) is 0.445. The average Bonchev–Trinajstić information content (AvgIpc) is 2.46. The van der Waals surface area contributed by atoms with Crippen LogP contribution in [0, 0.1) is 5.21 Å². The molecule has 0 bridgehead atoms. The Kier molecular flexibility index (Phi) is 4.79. The van der Waals surface area contributed by atoms with Gasteiger partial charge in [-0.2, -0.15) is 4.73 Å². The number of benzene rings is 1. The van der Waals surface area contributed by atoms with E-state index in [-0.39, 0.29) is 5.91 Å². The normalized spacial score (nSPS) is 10.1. The van der Waals surface area contributed by atoms with Crippen molar-refractivity contribution in [2.75, 3.05) is 13.2 Å². The third-order valence-electron chi connectivity index (χ3n) is 2.53. The van der Waals surface area contributed by atoms with E-state index in [0.717, 1.165) is 0 Å². The first-order chi connectivity index (χ1) is 9.65. The summed E-state index contributed by atoms with van der Waals surface area (Å²) < 4.78 is 6.06. The van der Waals surface area contributed by atoms with Gasteiger partial charge in [-0.25, -0.2) is 0 Å². The maximum Gasteiger partial charge on any atom is 0.251 e. The molecule has 6 heteroatoms. The van der Waals surface area contributed by atoms with E-state index in [1.165, 1.54) is 24.5 Å². The Labute approximate surface area is 121 Å². The van der Waals surface area contributed by atoms with Crippen molar-refractivity contribution in [2.24, 2.45) is 0 Å². The standard InChI is InChI=1S/C14H13ClN2O3/c15-12-1-3-13(4-2-12)20-10-7-16-14(18)11-5-8-17(19)9-6-11/h1-6,8-9H,7,10H2,(H,16,18). The van der Waals surface area contributed by atoms with Crippen LogP contribution in [0.15, 0.2) is 48.8 Å². The average molecular weight is 293 g/mol. The lowest BCUT2D eigenvalue weighted by Gasteiger charge is -2.07. The van der Waals surface area contributed by atoms with Gasteiger partial charge in [0, 0.05) is 17.2 Å². The summed E-state index contributed by atoms with van der Waals surface area (Å²) in [6.45, 7) is 0.718. The molecule has 1 amide bonds. The second-order valence-electron chi connectivity index (χ2n) is 4.00. The van der Waals surface area contributed by atoms with Crippen molar-refractivity contribution in [3.63, 3.8) is 0 Å². The van der Waals surface area contributed by atoms with Gasteiger partial charge in [0.15, 0.2) is 12.4 Å². The molecule has 0 aliphatic heterocycles. The van der Waals surface area contributed by atoms with Crippen LogP contribution in [0.3, 0.4) is 0 Å². The second-order valence-corrected chi connectivity index (χ2v) is 4.44. The number of carbonyl (C=O) groups excluding carboxylic acids is 1. The van der Waals surface area contributed by atoms with Gasteiger partial charge in [0.2, 0.25) is 0 Å². The summed E-state index contributed by atoms with van der Waals surface area (Å²) in [5.41, 5.74) is 0.434. The van der Waals surface area contributed by atoms with E-state index < -0.39 is 0 Å². The van der Waals surface area contributed by atoms with E-state index in [1.54, 1.807) is 24.3 Å². The third kappa shape index (κ3) is 4.13. The van der Waals surface area contributed by atoms with Crippen molar-refractivity contribution in [3.05, 3.63) is 64.6 Å². The SMILES string of the molecule is O=C(NCCOc1ccc(Cl)cc1)c1cc[n+]([O-])cc1. The van der Waals surface area contributed by atoms with Crippen LogP contribution in [0.1, 0.15) is 10.4 Å². The molecule has 104 valence electrons. The van der Waals surface area contributed by atoms with Crippen LogP contribution in [-0.2, 0) is 0 Å². The number of aromatic nitrogens is 1. The molecule has 1 aromatic carbocycles. The largest absolute Gasteiger partial charge is 0.619 e. The zero-order valence-corrected chi connectivity index (χ0v) is 11.3. The summed E-state index contributed by atoms with van der Waals surface area (Å²) in [4.78, 5) is 11.7. The Balaban J connectivity index is 1.74. The van der Waals surface area contributed by atoms with E-state index in [4.69, 9.17) is 16.3 Å². The van der Waals surface area contributed by atoms with E-state index in [0.29, 0.717) is 34.2 Å². The van der Waals surface area contributed by atoms with Crippen LogP contribution < -0.4 is 14.8 Å². The number of hydrogen-bond acceptors (Lipinski definition) is 3. The van der Waals surface area contributed by atoms with Crippen LogP contribution in [0.25, 0.3) is 0 Å². The number of pyridine rings is 1. The molecule has 2 rings (SSSR count). The molecular weight excluding hydrogens is 280 g/mol. The highest BCUT2D eigenvalue weighted by Gasteiger charge is 2.05. The summed E-state index contributed by atoms with van der Waals surface area (Å²) in [7, 11) is 0. The number of rotatable bonds is 5. The van der Waals surface area contributed by atoms with Crippen LogP contribution in [0.4, 0.5) is 0 Å². The number of hydrogen-bond donors (Lipinski definition) is 1. The van der Waals surface area contributed by atoms with Gasteiger partial charge in [0.25, 0.3) is 5.91 Å². The molecule has 20 heavy (non-hydrogen) atoms. The van der Waals surface area contributed by atoms with Crippen molar-refractivity contribution >= 4 is 17.5 Å². The van der Waals surface area contributed by atoms with Crippen molar-refractivity contribution in [2.45, 2.75) is 0 Å². The Morgan fingerprint density at radius 1 is 1.20 bits per heavy atom. The fourth-order valence-corrected chi connectivity index (χ4v) is 1.66. The van der Waals surface area contributed by atoms with Gasteiger partial charge in [-0.05, 0) is 24.3 Å². The molecule has 0 aliphatic carbocycles. The highest BCUT2D eigenvalue weighted by molar-refractivity contribution is 6.30. The molecule has 1 heterocycles. The molecule has 0 saturated heterocycles. The first kappa shape index (κ1) is 14.1.